The van der Waals surface area contributed by atoms with Crippen molar-refractivity contribution in [1.82, 2.24) is 10.2 Å². The van der Waals surface area contributed by atoms with Crippen molar-refractivity contribution in [2.45, 2.75) is 46.8 Å². The fourth-order valence-electron chi connectivity index (χ4n) is 2.90. The summed E-state index contributed by atoms with van der Waals surface area (Å²) in [6.45, 7) is 13.9. The third-order valence-corrected chi connectivity index (χ3v) is 4.44. The van der Waals surface area contributed by atoms with E-state index in [1.807, 2.05) is 46.8 Å². The molecular formula is C18H28N2O2. The fourth-order valence-corrected chi connectivity index (χ4v) is 2.90. The zero-order valence-electron chi connectivity index (χ0n) is 14.4. The van der Waals surface area contributed by atoms with Gasteiger partial charge in [0.05, 0.1) is 12.1 Å². The molecule has 0 radical (unpaired) electrons. The average molecular weight is 304 g/mol. The molecule has 1 aliphatic rings. The number of carbonyl (C=O) groups excluding carboxylic acids is 1. The number of carbonyl (C=O) groups is 1. The summed E-state index contributed by atoms with van der Waals surface area (Å²) in [4.78, 5) is 15.1. The van der Waals surface area contributed by atoms with Crippen LogP contribution < -0.4 is 10.1 Å². The van der Waals surface area contributed by atoms with Crippen LogP contribution >= 0.6 is 0 Å². The van der Waals surface area contributed by atoms with Crippen molar-refractivity contribution < 1.29 is 9.53 Å². The predicted octanol–water partition coefficient (Wildman–Crippen LogP) is 2.57. The van der Waals surface area contributed by atoms with Crippen LogP contribution in [-0.4, -0.2) is 49.0 Å². The maximum absolute atomic E-state index is 12.8. The molecule has 22 heavy (non-hydrogen) atoms. The second-order valence-corrected chi connectivity index (χ2v) is 6.35. The standard InChI is InChI=1S/C18H28N2O2/c1-12(2)22-17-7-6-16(13(3)14(17)4)18(21)15(5)20-10-8-19-9-11-20/h6-7,12,15,19H,8-11H2,1-5H3. The summed E-state index contributed by atoms with van der Waals surface area (Å²) in [5.41, 5.74) is 2.91. The van der Waals surface area contributed by atoms with E-state index in [9.17, 15) is 4.79 Å². The van der Waals surface area contributed by atoms with Gasteiger partial charge in [0.2, 0.25) is 0 Å². The van der Waals surface area contributed by atoms with Crippen LogP contribution in [0.4, 0.5) is 0 Å². The maximum atomic E-state index is 12.8. The monoisotopic (exact) mass is 304 g/mol. The Labute approximate surface area is 133 Å². The summed E-state index contributed by atoms with van der Waals surface area (Å²) < 4.78 is 5.81. The van der Waals surface area contributed by atoms with Crippen LogP contribution in [0.5, 0.6) is 5.75 Å². The molecule has 1 fully saturated rings. The number of ether oxygens (including phenoxy) is 1. The lowest BCUT2D eigenvalue weighted by Gasteiger charge is -2.32. The first-order chi connectivity index (χ1) is 10.4. The van der Waals surface area contributed by atoms with Gasteiger partial charge in [0.1, 0.15) is 5.75 Å². The Bertz CT molecular complexity index is 534. The molecule has 1 heterocycles. The van der Waals surface area contributed by atoms with Gasteiger partial charge in [0.25, 0.3) is 0 Å². The lowest BCUT2D eigenvalue weighted by atomic mass is 9.95. The van der Waals surface area contributed by atoms with Gasteiger partial charge in [-0.3, -0.25) is 9.69 Å². The number of rotatable bonds is 5. The molecule has 0 bridgehead atoms. The van der Waals surface area contributed by atoms with E-state index in [1.165, 1.54) is 0 Å². The van der Waals surface area contributed by atoms with Crippen molar-refractivity contribution >= 4 is 5.78 Å². The third kappa shape index (κ3) is 3.68. The molecule has 0 saturated carbocycles. The number of hydrogen-bond acceptors (Lipinski definition) is 4. The Morgan fingerprint density at radius 1 is 1.14 bits per heavy atom. The van der Waals surface area contributed by atoms with Crippen molar-refractivity contribution in [2.75, 3.05) is 26.2 Å². The lowest BCUT2D eigenvalue weighted by Crippen LogP contribution is -2.50. The SMILES string of the molecule is Cc1c(OC(C)C)ccc(C(=O)C(C)N2CCNCC2)c1C. The van der Waals surface area contributed by atoms with Crippen molar-refractivity contribution in [3.05, 3.63) is 28.8 Å². The molecule has 1 unspecified atom stereocenters. The zero-order valence-corrected chi connectivity index (χ0v) is 14.4. The molecule has 1 N–H and O–H groups in total. The maximum Gasteiger partial charge on any atom is 0.179 e. The van der Waals surface area contributed by atoms with Gasteiger partial charge < -0.3 is 10.1 Å². The second-order valence-electron chi connectivity index (χ2n) is 6.35. The van der Waals surface area contributed by atoms with E-state index in [0.717, 1.165) is 48.6 Å². The van der Waals surface area contributed by atoms with Gasteiger partial charge in [-0.25, -0.2) is 0 Å². The van der Waals surface area contributed by atoms with Crippen LogP contribution in [0.2, 0.25) is 0 Å². The lowest BCUT2D eigenvalue weighted by molar-refractivity contribution is 0.0819. The molecular weight excluding hydrogens is 276 g/mol. The summed E-state index contributed by atoms with van der Waals surface area (Å²) in [6.07, 6.45) is 0.138. The topological polar surface area (TPSA) is 41.6 Å². The van der Waals surface area contributed by atoms with Crippen LogP contribution in [0.15, 0.2) is 12.1 Å². The number of nitrogens with one attached hydrogen (secondary N) is 1. The van der Waals surface area contributed by atoms with E-state index < -0.39 is 0 Å². The van der Waals surface area contributed by atoms with Gasteiger partial charge >= 0.3 is 0 Å². The van der Waals surface area contributed by atoms with Gasteiger partial charge in [-0.15, -0.1) is 0 Å². The summed E-state index contributed by atoms with van der Waals surface area (Å²) in [5, 5.41) is 3.32. The number of nitrogens with zero attached hydrogens (tertiary/aromatic N) is 1. The van der Waals surface area contributed by atoms with Crippen LogP contribution in [0.25, 0.3) is 0 Å². The van der Waals surface area contributed by atoms with Gasteiger partial charge in [0.15, 0.2) is 5.78 Å². The van der Waals surface area contributed by atoms with Crippen LogP contribution in [-0.2, 0) is 0 Å². The van der Waals surface area contributed by atoms with E-state index in [-0.39, 0.29) is 17.9 Å². The number of hydrogen-bond donors (Lipinski definition) is 1. The summed E-state index contributed by atoms with van der Waals surface area (Å²) in [6, 6.07) is 3.78. The molecule has 0 spiro atoms. The minimum Gasteiger partial charge on any atom is -0.491 e. The molecule has 1 aliphatic heterocycles. The number of piperazine rings is 1. The molecule has 0 aromatic heterocycles. The Kier molecular flexibility index (Phi) is 5.59. The summed E-state index contributed by atoms with van der Waals surface area (Å²) in [5.74, 6) is 1.08. The average Bonchev–Trinajstić information content (AvgIpc) is 2.51. The molecule has 1 atom stereocenters. The summed E-state index contributed by atoms with van der Waals surface area (Å²) in [7, 11) is 0. The largest absolute Gasteiger partial charge is 0.491 e. The fraction of sp³-hybridized carbons (Fsp3) is 0.611. The van der Waals surface area contributed by atoms with Crippen LogP contribution in [0.1, 0.15) is 42.3 Å². The highest BCUT2D eigenvalue weighted by Crippen LogP contribution is 2.26. The first-order valence-corrected chi connectivity index (χ1v) is 8.17. The van der Waals surface area contributed by atoms with Gasteiger partial charge in [-0.2, -0.15) is 0 Å². The van der Waals surface area contributed by atoms with E-state index in [1.54, 1.807) is 0 Å². The Hall–Kier alpha value is -1.39. The predicted molar refractivity (Wildman–Crippen MR) is 89.9 cm³/mol. The van der Waals surface area contributed by atoms with Gasteiger partial charge in [-0.05, 0) is 57.9 Å². The van der Waals surface area contributed by atoms with Crippen molar-refractivity contribution in [2.24, 2.45) is 0 Å². The molecule has 4 heteroatoms. The van der Waals surface area contributed by atoms with Crippen LogP contribution in [0.3, 0.4) is 0 Å². The normalized spacial score (nSPS) is 17.5. The highest BCUT2D eigenvalue weighted by molar-refractivity contribution is 6.01. The van der Waals surface area contributed by atoms with E-state index in [2.05, 4.69) is 10.2 Å². The summed E-state index contributed by atoms with van der Waals surface area (Å²) >= 11 is 0. The number of benzene rings is 1. The Morgan fingerprint density at radius 3 is 2.36 bits per heavy atom. The first-order valence-electron chi connectivity index (χ1n) is 8.17. The molecule has 1 aromatic carbocycles. The highest BCUT2D eigenvalue weighted by Gasteiger charge is 2.25. The molecule has 1 saturated heterocycles. The third-order valence-electron chi connectivity index (χ3n) is 4.44. The highest BCUT2D eigenvalue weighted by atomic mass is 16.5. The molecule has 4 nitrogen and oxygen atoms in total. The van der Waals surface area contributed by atoms with E-state index >= 15 is 0 Å². The van der Waals surface area contributed by atoms with E-state index in [0.29, 0.717) is 0 Å². The molecule has 122 valence electrons. The number of ketones is 1. The van der Waals surface area contributed by atoms with Gasteiger partial charge in [-0.1, -0.05) is 0 Å². The van der Waals surface area contributed by atoms with Crippen molar-refractivity contribution in [1.29, 1.82) is 0 Å². The minimum atomic E-state index is -0.0722. The first kappa shape index (κ1) is 17.0. The Balaban J connectivity index is 2.20. The quantitative estimate of drug-likeness (QED) is 0.849. The molecule has 2 rings (SSSR count). The number of Topliss-reactive ketones (excluding diaryl/α,β-unsaturated/α-hetero) is 1. The van der Waals surface area contributed by atoms with Crippen molar-refractivity contribution in [3.63, 3.8) is 0 Å². The van der Waals surface area contributed by atoms with Gasteiger partial charge in [0, 0.05) is 31.7 Å². The van der Waals surface area contributed by atoms with Crippen molar-refractivity contribution in [3.8, 4) is 5.75 Å². The van der Waals surface area contributed by atoms with Crippen LogP contribution in [0, 0.1) is 13.8 Å². The second kappa shape index (κ2) is 7.25. The smallest absolute Gasteiger partial charge is 0.179 e. The van der Waals surface area contributed by atoms with E-state index in [4.69, 9.17) is 4.74 Å². The zero-order chi connectivity index (χ0) is 16.3. The minimum absolute atomic E-state index is 0.0722. The molecule has 1 aromatic rings. The Morgan fingerprint density at radius 2 is 1.77 bits per heavy atom. The molecule has 0 aliphatic carbocycles. The molecule has 0 amide bonds.